The molecule has 160 valence electrons. The standard InChI is InChI=1S/C23H30N4O3/c1-16-14-21(17(2)27(16)19-6-8-20(30-3)9-7-19)23(29)26-12-10-25(11-13-26)15-22(28)24-18-4-5-18/h6-9,14,18H,4-5,10-13,15H2,1-3H3,(H,24,28). The van der Waals surface area contributed by atoms with E-state index in [0.717, 1.165) is 54.3 Å². The number of carbonyl (C=O) groups is 2. The third-order valence-corrected chi connectivity index (χ3v) is 5.96. The number of methoxy groups -OCH3 is 1. The molecule has 7 nitrogen and oxygen atoms in total. The van der Waals surface area contributed by atoms with Gasteiger partial charge in [-0.2, -0.15) is 0 Å². The molecule has 0 radical (unpaired) electrons. The summed E-state index contributed by atoms with van der Waals surface area (Å²) in [5.74, 6) is 0.964. The van der Waals surface area contributed by atoms with Crippen LogP contribution in [0.3, 0.4) is 0 Å². The molecule has 7 heteroatoms. The number of benzene rings is 1. The molecule has 2 heterocycles. The predicted octanol–water partition coefficient (Wildman–Crippen LogP) is 2.14. The van der Waals surface area contributed by atoms with E-state index >= 15 is 0 Å². The number of aryl methyl sites for hydroxylation is 1. The minimum absolute atomic E-state index is 0.0601. The third-order valence-electron chi connectivity index (χ3n) is 5.96. The number of piperazine rings is 1. The lowest BCUT2D eigenvalue weighted by Crippen LogP contribution is -2.51. The second-order valence-electron chi connectivity index (χ2n) is 8.23. The molecule has 30 heavy (non-hydrogen) atoms. The summed E-state index contributed by atoms with van der Waals surface area (Å²) in [6.07, 6.45) is 2.20. The van der Waals surface area contributed by atoms with Gasteiger partial charge in [0.15, 0.2) is 0 Å². The van der Waals surface area contributed by atoms with E-state index < -0.39 is 0 Å². The fourth-order valence-corrected chi connectivity index (χ4v) is 4.09. The molecule has 0 unspecified atom stereocenters. The molecule has 1 N–H and O–H groups in total. The molecule has 1 aliphatic carbocycles. The lowest BCUT2D eigenvalue weighted by atomic mass is 10.2. The summed E-state index contributed by atoms with van der Waals surface area (Å²) in [7, 11) is 1.65. The van der Waals surface area contributed by atoms with Crippen LogP contribution in [0.4, 0.5) is 0 Å². The van der Waals surface area contributed by atoms with Crippen molar-refractivity contribution >= 4 is 11.8 Å². The van der Waals surface area contributed by atoms with Crippen LogP contribution < -0.4 is 10.1 Å². The second-order valence-corrected chi connectivity index (χ2v) is 8.23. The van der Waals surface area contributed by atoms with Crippen LogP contribution in [0.1, 0.15) is 34.6 Å². The van der Waals surface area contributed by atoms with E-state index in [1.165, 1.54) is 0 Å². The number of amides is 2. The molecule has 1 aromatic heterocycles. The summed E-state index contributed by atoms with van der Waals surface area (Å²) in [5, 5.41) is 3.03. The van der Waals surface area contributed by atoms with Gasteiger partial charge in [-0.15, -0.1) is 0 Å². The van der Waals surface area contributed by atoms with Crippen LogP contribution in [0.15, 0.2) is 30.3 Å². The molecule has 0 spiro atoms. The zero-order valence-electron chi connectivity index (χ0n) is 18.0. The number of carbonyl (C=O) groups excluding carboxylic acids is 2. The lowest BCUT2D eigenvalue weighted by molar-refractivity contribution is -0.122. The van der Waals surface area contributed by atoms with Crippen LogP contribution in [0, 0.1) is 13.8 Å². The summed E-state index contributed by atoms with van der Waals surface area (Å²) in [4.78, 5) is 29.2. The average molecular weight is 411 g/mol. The fourth-order valence-electron chi connectivity index (χ4n) is 4.09. The van der Waals surface area contributed by atoms with Gasteiger partial charge >= 0.3 is 0 Å². The van der Waals surface area contributed by atoms with Gasteiger partial charge in [0.2, 0.25) is 5.91 Å². The van der Waals surface area contributed by atoms with Crippen molar-refractivity contribution in [3.63, 3.8) is 0 Å². The maximum absolute atomic E-state index is 13.2. The van der Waals surface area contributed by atoms with Crippen molar-refractivity contribution in [1.82, 2.24) is 19.7 Å². The molecule has 0 bridgehead atoms. The normalized spacial score (nSPS) is 17.1. The zero-order valence-corrected chi connectivity index (χ0v) is 18.0. The van der Waals surface area contributed by atoms with Crippen LogP contribution in [0.5, 0.6) is 5.75 Å². The minimum Gasteiger partial charge on any atom is -0.497 e. The molecule has 2 amide bonds. The van der Waals surface area contributed by atoms with Crippen molar-refractivity contribution in [3.05, 3.63) is 47.3 Å². The van der Waals surface area contributed by atoms with Crippen molar-refractivity contribution in [3.8, 4) is 11.4 Å². The summed E-state index contributed by atoms with van der Waals surface area (Å²) in [5.41, 5.74) is 3.71. The molecule has 1 saturated heterocycles. The number of nitrogens with zero attached hydrogens (tertiary/aromatic N) is 3. The van der Waals surface area contributed by atoms with Gasteiger partial charge in [-0.1, -0.05) is 0 Å². The van der Waals surface area contributed by atoms with Crippen LogP contribution >= 0.6 is 0 Å². The first-order valence-corrected chi connectivity index (χ1v) is 10.6. The Balaban J connectivity index is 1.40. The van der Waals surface area contributed by atoms with Crippen molar-refractivity contribution in [2.45, 2.75) is 32.7 Å². The number of ether oxygens (including phenoxy) is 1. The van der Waals surface area contributed by atoms with Crippen molar-refractivity contribution < 1.29 is 14.3 Å². The van der Waals surface area contributed by atoms with Gasteiger partial charge in [0.25, 0.3) is 5.91 Å². The van der Waals surface area contributed by atoms with Gasteiger partial charge in [0.1, 0.15) is 5.75 Å². The molecule has 2 aromatic rings. The van der Waals surface area contributed by atoms with Crippen LogP contribution in [-0.2, 0) is 4.79 Å². The number of nitrogens with one attached hydrogen (secondary N) is 1. The summed E-state index contributed by atoms with van der Waals surface area (Å²) in [6.45, 7) is 7.16. The second kappa shape index (κ2) is 8.52. The Bertz CT molecular complexity index is 923. The van der Waals surface area contributed by atoms with Crippen LogP contribution in [0.25, 0.3) is 5.69 Å². The summed E-state index contributed by atoms with van der Waals surface area (Å²) >= 11 is 0. The van der Waals surface area contributed by atoms with Gasteiger partial charge in [0, 0.05) is 49.3 Å². The number of hydrogen-bond acceptors (Lipinski definition) is 4. The lowest BCUT2D eigenvalue weighted by Gasteiger charge is -2.34. The smallest absolute Gasteiger partial charge is 0.255 e. The number of hydrogen-bond donors (Lipinski definition) is 1. The Morgan fingerprint density at radius 1 is 1.07 bits per heavy atom. The first kappa shape index (κ1) is 20.5. The van der Waals surface area contributed by atoms with Crippen LogP contribution in [0.2, 0.25) is 0 Å². The minimum atomic E-state index is 0.0601. The molecular formula is C23H30N4O3. The highest BCUT2D eigenvalue weighted by Gasteiger charge is 2.28. The zero-order chi connectivity index (χ0) is 21.3. The number of aromatic nitrogens is 1. The Kier molecular flexibility index (Phi) is 5.81. The largest absolute Gasteiger partial charge is 0.497 e. The van der Waals surface area contributed by atoms with E-state index in [0.29, 0.717) is 25.7 Å². The highest BCUT2D eigenvalue weighted by molar-refractivity contribution is 5.96. The molecule has 1 aromatic carbocycles. The molecule has 1 aliphatic heterocycles. The van der Waals surface area contributed by atoms with Gasteiger partial charge in [-0.05, 0) is 57.0 Å². The first-order valence-electron chi connectivity index (χ1n) is 10.6. The molecule has 4 rings (SSSR count). The van der Waals surface area contributed by atoms with Gasteiger partial charge in [-0.25, -0.2) is 0 Å². The van der Waals surface area contributed by atoms with Crippen molar-refractivity contribution in [2.24, 2.45) is 0 Å². The monoisotopic (exact) mass is 410 g/mol. The molecule has 2 aliphatic rings. The first-order chi connectivity index (χ1) is 14.5. The topological polar surface area (TPSA) is 66.8 Å². The quantitative estimate of drug-likeness (QED) is 0.792. The summed E-state index contributed by atoms with van der Waals surface area (Å²) in [6, 6.07) is 10.2. The van der Waals surface area contributed by atoms with E-state index in [-0.39, 0.29) is 11.8 Å². The van der Waals surface area contributed by atoms with E-state index in [1.807, 2.05) is 49.1 Å². The molecule has 2 fully saturated rings. The van der Waals surface area contributed by atoms with E-state index in [1.54, 1.807) is 7.11 Å². The fraction of sp³-hybridized carbons (Fsp3) is 0.478. The Morgan fingerprint density at radius 3 is 2.33 bits per heavy atom. The number of rotatable bonds is 6. The maximum Gasteiger partial charge on any atom is 0.255 e. The van der Waals surface area contributed by atoms with E-state index in [4.69, 9.17) is 4.74 Å². The van der Waals surface area contributed by atoms with E-state index in [2.05, 4.69) is 14.8 Å². The molecule has 1 saturated carbocycles. The Morgan fingerprint density at radius 2 is 1.73 bits per heavy atom. The maximum atomic E-state index is 13.2. The Labute approximate surface area is 177 Å². The summed E-state index contributed by atoms with van der Waals surface area (Å²) < 4.78 is 7.35. The Hall–Kier alpha value is -2.80. The van der Waals surface area contributed by atoms with E-state index in [9.17, 15) is 9.59 Å². The molecule has 0 atom stereocenters. The average Bonchev–Trinajstić information content (AvgIpc) is 3.51. The van der Waals surface area contributed by atoms with Gasteiger partial charge in [0.05, 0.1) is 19.2 Å². The van der Waals surface area contributed by atoms with Crippen molar-refractivity contribution in [2.75, 3.05) is 39.8 Å². The highest BCUT2D eigenvalue weighted by Crippen LogP contribution is 2.24. The SMILES string of the molecule is COc1ccc(-n2c(C)cc(C(=O)N3CCN(CC(=O)NC4CC4)CC3)c2C)cc1. The van der Waals surface area contributed by atoms with Crippen LogP contribution in [-0.4, -0.2) is 72.1 Å². The van der Waals surface area contributed by atoms with Gasteiger partial charge in [-0.3, -0.25) is 14.5 Å². The van der Waals surface area contributed by atoms with Crippen molar-refractivity contribution in [1.29, 1.82) is 0 Å². The highest BCUT2D eigenvalue weighted by atomic mass is 16.5. The predicted molar refractivity (Wildman–Crippen MR) is 115 cm³/mol. The molecular weight excluding hydrogens is 380 g/mol. The third kappa shape index (κ3) is 4.36. The van der Waals surface area contributed by atoms with Gasteiger partial charge < -0.3 is 19.5 Å².